The summed E-state index contributed by atoms with van der Waals surface area (Å²) in [6, 6.07) is 13.8. The van der Waals surface area contributed by atoms with E-state index < -0.39 is 11.7 Å². The minimum atomic E-state index is -4.40. The lowest BCUT2D eigenvalue weighted by Gasteiger charge is -2.24. The van der Waals surface area contributed by atoms with Gasteiger partial charge in [0.15, 0.2) is 0 Å². The minimum absolute atomic E-state index is 0.266. The lowest BCUT2D eigenvalue weighted by Crippen LogP contribution is -2.36. The molecule has 0 atom stereocenters. The van der Waals surface area contributed by atoms with Gasteiger partial charge in [0.05, 0.1) is 32.0 Å². The number of unbranched alkanes of at least 4 members (excludes halogenated alkanes) is 1. The molecule has 6 nitrogen and oxygen atoms in total. The second-order valence-corrected chi connectivity index (χ2v) is 8.10. The molecule has 0 saturated heterocycles. The molecule has 9 heteroatoms. The molecule has 0 aliphatic heterocycles. The normalized spacial score (nSPS) is 11.3. The first kappa shape index (κ1) is 26.0. The number of rotatable bonds is 10. The number of benzene rings is 2. The monoisotopic (exact) mass is 489 g/mol. The van der Waals surface area contributed by atoms with Gasteiger partial charge in [0.1, 0.15) is 11.5 Å². The first-order valence-electron chi connectivity index (χ1n) is 11.3. The summed E-state index contributed by atoms with van der Waals surface area (Å²) in [4.78, 5) is 14.9. The molecule has 0 unspecified atom stereocenters. The Morgan fingerprint density at radius 3 is 2.54 bits per heavy atom. The van der Waals surface area contributed by atoms with Crippen molar-refractivity contribution in [1.29, 1.82) is 0 Å². The number of alkyl halides is 3. The number of anilines is 1. The predicted octanol–water partition coefficient (Wildman–Crippen LogP) is 6.41. The molecule has 1 heterocycles. The van der Waals surface area contributed by atoms with Gasteiger partial charge in [0.2, 0.25) is 0 Å². The highest BCUT2D eigenvalue weighted by atomic mass is 19.4. The quantitative estimate of drug-likeness (QED) is 0.358. The Morgan fingerprint density at radius 1 is 1.06 bits per heavy atom. The van der Waals surface area contributed by atoms with Gasteiger partial charge in [-0.15, -0.1) is 0 Å². The fraction of sp³-hybridized carbons (Fsp3) is 0.346. The molecule has 188 valence electrons. The third-order valence-corrected chi connectivity index (χ3v) is 5.60. The molecule has 0 saturated carbocycles. The van der Waals surface area contributed by atoms with Crippen LogP contribution in [0.5, 0.6) is 11.5 Å². The van der Waals surface area contributed by atoms with Crippen LogP contribution in [-0.2, 0) is 19.3 Å². The molecule has 0 bridgehead atoms. The molecule has 3 rings (SSSR count). The van der Waals surface area contributed by atoms with Crippen molar-refractivity contribution in [2.75, 3.05) is 26.1 Å². The van der Waals surface area contributed by atoms with Crippen LogP contribution in [0.25, 0.3) is 0 Å². The predicted molar refractivity (Wildman–Crippen MR) is 129 cm³/mol. The van der Waals surface area contributed by atoms with Gasteiger partial charge in [-0.2, -0.15) is 13.2 Å². The SMILES string of the molecule is CCCCN(Cc1cccn1Cc1cccc(C(F)(F)F)c1)C(=O)Nc1ccc(OC)cc1OC. The highest BCUT2D eigenvalue weighted by molar-refractivity contribution is 5.91. The van der Waals surface area contributed by atoms with Gasteiger partial charge in [-0.25, -0.2) is 4.79 Å². The van der Waals surface area contributed by atoms with E-state index in [1.165, 1.54) is 13.2 Å². The number of methoxy groups -OCH3 is 2. The van der Waals surface area contributed by atoms with E-state index in [9.17, 15) is 18.0 Å². The van der Waals surface area contributed by atoms with Crippen molar-refractivity contribution >= 4 is 11.7 Å². The maximum atomic E-state index is 13.2. The van der Waals surface area contributed by atoms with E-state index in [-0.39, 0.29) is 12.6 Å². The molecule has 0 aliphatic carbocycles. The zero-order valence-corrected chi connectivity index (χ0v) is 20.1. The van der Waals surface area contributed by atoms with E-state index in [2.05, 4.69) is 5.32 Å². The molecule has 35 heavy (non-hydrogen) atoms. The van der Waals surface area contributed by atoms with Crippen LogP contribution >= 0.6 is 0 Å². The zero-order chi connectivity index (χ0) is 25.4. The molecular weight excluding hydrogens is 459 g/mol. The molecule has 1 N–H and O–H groups in total. The Labute approximate surface area is 203 Å². The molecular formula is C26H30F3N3O3. The first-order chi connectivity index (χ1) is 16.7. The van der Waals surface area contributed by atoms with Gasteiger partial charge in [-0.1, -0.05) is 25.5 Å². The van der Waals surface area contributed by atoms with E-state index in [1.54, 1.807) is 42.5 Å². The number of urea groups is 1. The highest BCUT2D eigenvalue weighted by Crippen LogP contribution is 2.30. The van der Waals surface area contributed by atoms with Gasteiger partial charge >= 0.3 is 12.2 Å². The van der Waals surface area contributed by atoms with Gasteiger partial charge < -0.3 is 24.3 Å². The van der Waals surface area contributed by atoms with Gasteiger partial charge in [-0.05, 0) is 48.4 Å². The largest absolute Gasteiger partial charge is 0.497 e. The van der Waals surface area contributed by atoms with Crippen molar-refractivity contribution < 1.29 is 27.4 Å². The van der Waals surface area contributed by atoms with E-state index in [0.717, 1.165) is 30.7 Å². The number of amides is 2. The smallest absolute Gasteiger partial charge is 0.416 e. The number of hydrogen-bond acceptors (Lipinski definition) is 3. The summed E-state index contributed by atoms with van der Waals surface area (Å²) in [7, 11) is 3.06. The third-order valence-electron chi connectivity index (χ3n) is 5.60. The second kappa shape index (κ2) is 11.7. The Hall–Kier alpha value is -3.62. The van der Waals surface area contributed by atoms with Gasteiger partial charge in [-0.3, -0.25) is 0 Å². The number of halogens is 3. The number of nitrogens with zero attached hydrogens (tertiary/aromatic N) is 2. The number of carbonyl (C=O) groups excluding carboxylic acids is 1. The summed E-state index contributed by atoms with van der Waals surface area (Å²) >= 11 is 0. The number of nitrogens with one attached hydrogen (secondary N) is 1. The summed E-state index contributed by atoms with van der Waals surface area (Å²) in [5.41, 5.74) is 1.18. The van der Waals surface area contributed by atoms with Crippen molar-refractivity contribution in [3.05, 3.63) is 77.6 Å². The maximum Gasteiger partial charge on any atom is 0.416 e. The minimum Gasteiger partial charge on any atom is -0.497 e. The zero-order valence-electron chi connectivity index (χ0n) is 20.1. The maximum absolute atomic E-state index is 13.2. The number of aromatic nitrogens is 1. The summed E-state index contributed by atoms with van der Waals surface area (Å²) in [6.07, 6.45) is -0.881. The van der Waals surface area contributed by atoms with Crippen molar-refractivity contribution in [2.45, 2.75) is 39.0 Å². The van der Waals surface area contributed by atoms with E-state index >= 15 is 0 Å². The van der Waals surface area contributed by atoms with Crippen molar-refractivity contribution in [2.24, 2.45) is 0 Å². The number of carbonyl (C=O) groups is 1. The first-order valence-corrected chi connectivity index (χ1v) is 11.3. The van der Waals surface area contributed by atoms with Crippen LogP contribution < -0.4 is 14.8 Å². The van der Waals surface area contributed by atoms with E-state index in [1.807, 2.05) is 23.6 Å². The van der Waals surface area contributed by atoms with Crippen molar-refractivity contribution in [3.63, 3.8) is 0 Å². The van der Waals surface area contributed by atoms with E-state index in [0.29, 0.717) is 35.8 Å². The van der Waals surface area contributed by atoms with Gasteiger partial charge in [0, 0.05) is 31.0 Å². The Morgan fingerprint density at radius 2 is 1.86 bits per heavy atom. The highest BCUT2D eigenvalue weighted by Gasteiger charge is 2.30. The number of hydrogen-bond donors (Lipinski definition) is 1. The van der Waals surface area contributed by atoms with Crippen LogP contribution in [0.2, 0.25) is 0 Å². The molecule has 0 aliphatic rings. The van der Waals surface area contributed by atoms with E-state index in [4.69, 9.17) is 9.47 Å². The Kier molecular flexibility index (Phi) is 8.68. The van der Waals surface area contributed by atoms with Gasteiger partial charge in [0.25, 0.3) is 0 Å². The second-order valence-electron chi connectivity index (χ2n) is 8.10. The molecule has 0 fully saturated rings. The third kappa shape index (κ3) is 6.94. The molecule has 1 aromatic heterocycles. The standard InChI is InChI=1S/C26H30F3N3O3/c1-4-5-13-32(25(33)30-23-12-11-22(34-2)16-24(23)35-3)18-21-10-7-14-31(21)17-19-8-6-9-20(15-19)26(27,28)29/h6-12,14-16H,4-5,13,17-18H2,1-3H3,(H,30,33). The van der Waals surface area contributed by atoms with Crippen molar-refractivity contribution in [1.82, 2.24) is 9.47 Å². The summed E-state index contributed by atoms with van der Waals surface area (Å²) < 4.78 is 51.8. The Bertz CT molecular complexity index is 1130. The number of ether oxygens (including phenoxy) is 2. The average Bonchev–Trinajstić information content (AvgIpc) is 3.27. The molecule has 3 aromatic rings. The van der Waals surface area contributed by atoms with Crippen LogP contribution in [0.1, 0.15) is 36.6 Å². The lowest BCUT2D eigenvalue weighted by atomic mass is 10.1. The summed E-state index contributed by atoms with van der Waals surface area (Å²) in [5, 5.41) is 2.90. The topological polar surface area (TPSA) is 55.7 Å². The van der Waals surface area contributed by atoms with Crippen LogP contribution in [0.4, 0.5) is 23.7 Å². The fourth-order valence-electron chi connectivity index (χ4n) is 3.68. The fourth-order valence-corrected chi connectivity index (χ4v) is 3.68. The average molecular weight is 490 g/mol. The van der Waals surface area contributed by atoms with Crippen LogP contribution in [-0.4, -0.2) is 36.3 Å². The van der Waals surface area contributed by atoms with Crippen LogP contribution in [0.15, 0.2) is 60.8 Å². The molecule has 2 amide bonds. The summed E-state index contributed by atoms with van der Waals surface area (Å²) in [6.45, 7) is 3.13. The molecule has 0 spiro atoms. The summed E-state index contributed by atoms with van der Waals surface area (Å²) in [5.74, 6) is 1.08. The van der Waals surface area contributed by atoms with Crippen LogP contribution in [0, 0.1) is 0 Å². The van der Waals surface area contributed by atoms with Crippen molar-refractivity contribution in [3.8, 4) is 11.5 Å². The lowest BCUT2D eigenvalue weighted by molar-refractivity contribution is -0.137. The Balaban J connectivity index is 1.78. The van der Waals surface area contributed by atoms with Crippen LogP contribution in [0.3, 0.4) is 0 Å². The molecule has 2 aromatic carbocycles. The molecule has 0 radical (unpaired) electrons.